The molecular formula is C53H52N8O8. The van der Waals surface area contributed by atoms with E-state index in [9.17, 15) is 0 Å². The van der Waals surface area contributed by atoms with Crippen molar-refractivity contribution in [1.29, 1.82) is 0 Å². The van der Waals surface area contributed by atoms with Crippen molar-refractivity contribution < 1.29 is 37.9 Å². The Bertz CT molecular complexity index is 3630. The highest BCUT2D eigenvalue weighted by molar-refractivity contribution is 6.08. The third kappa shape index (κ3) is 6.05. The topological polar surface area (TPSA) is 183 Å². The van der Waals surface area contributed by atoms with Crippen LogP contribution in [0.1, 0.15) is 90.0 Å². The second kappa shape index (κ2) is 13.2. The molecule has 0 radical (unpaired) electrons. The summed E-state index contributed by atoms with van der Waals surface area (Å²) >= 11 is 0. The molecule has 0 saturated carbocycles. The van der Waals surface area contributed by atoms with Gasteiger partial charge >= 0.3 is 0 Å². The Morgan fingerprint density at radius 2 is 0.623 bits per heavy atom. The zero-order valence-corrected chi connectivity index (χ0v) is 40.8. The molecule has 6 aliphatic heterocycles. The van der Waals surface area contributed by atoms with Gasteiger partial charge in [-0.25, -0.2) is 29.9 Å². The molecule has 0 spiro atoms. The van der Waals surface area contributed by atoms with Gasteiger partial charge in [-0.1, -0.05) is 0 Å². The Morgan fingerprint density at radius 1 is 0.348 bits per heavy atom. The Balaban J connectivity index is 1.16. The number of nitrogens with one attached hydrogen (secondary N) is 2. The van der Waals surface area contributed by atoms with E-state index >= 15 is 0 Å². The number of H-pyrrole nitrogens is 2. The van der Waals surface area contributed by atoms with Gasteiger partial charge in [-0.15, -0.1) is 0 Å². The minimum atomic E-state index is -0.657. The molecule has 4 aromatic carbocycles. The van der Waals surface area contributed by atoms with Gasteiger partial charge in [0.25, 0.3) is 0 Å². The van der Waals surface area contributed by atoms with E-state index in [0.29, 0.717) is 114 Å². The van der Waals surface area contributed by atoms with Crippen molar-refractivity contribution in [2.24, 2.45) is 0 Å². The van der Waals surface area contributed by atoms with Crippen molar-refractivity contribution in [2.75, 3.05) is 0 Å². The highest BCUT2D eigenvalue weighted by atomic mass is 16.6. The molecule has 16 nitrogen and oxygen atoms in total. The average molecular weight is 929 g/mol. The van der Waals surface area contributed by atoms with Crippen molar-refractivity contribution in [1.82, 2.24) is 39.9 Å². The molecule has 0 amide bonds. The highest BCUT2D eigenvalue weighted by Gasteiger charge is 2.48. The van der Waals surface area contributed by atoms with Crippen LogP contribution in [0.25, 0.3) is 89.7 Å². The minimum absolute atomic E-state index is 0.181. The maximum atomic E-state index is 6.68. The van der Waals surface area contributed by atoms with Gasteiger partial charge in [0.05, 0.1) is 0 Å². The SMILES string of the molecule is CC1Oc2cc3c4nc5nc(nc6[nH]c(nc7nc(nc([nH]4)c3cc2OC1C)-c1cc2c(cc1-7)OC(C)(C)C(C)(C)O2)c1cc2c(cc61)OC(C)C(C)(C)O2)-c1cc2c(cc1-5)OC(C)(C)C(C)(C)O2. The summed E-state index contributed by atoms with van der Waals surface area (Å²) in [5.74, 6) is 6.24. The fourth-order valence-electron chi connectivity index (χ4n) is 9.37. The monoisotopic (exact) mass is 928 g/mol. The van der Waals surface area contributed by atoms with Crippen LogP contribution in [-0.2, 0) is 0 Å². The van der Waals surface area contributed by atoms with E-state index in [2.05, 4.69) is 9.97 Å². The van der Waals surface area contributed by atoms with E-state index in [1.165, 1.54) is 0 Å². The fourth-order valence-corrected chi connectivity index (χ4v) is 9.37. The molecule has 3 atom stereocenters. The molecule has 9 heterocycles. The Labute approximate surface area is 397 Å². The molecule has 7 aromatic rings. The summed E-state index contributed by atoms with van der Waals surface area (Å²) in [6.45, 7) is 26.2. The average Bonchev–Trinajstić information content (AvgIpc) is 3.96. The molecule has 3 unspecified atom stereocenters. The number of rotatable bonds is 0. The Morgan fingerprint density at radius 3 is 0.942 bits per heavy atom. The van der Waals surface area contributed by atoms with Crippen molar-refractivity contribution in [2.45, 2.75) is 136 Å². The van der Waals surface area contributed by atoms with Gasteiger partial charge in [0.2, 0.25) is 0 Å². The van der Waals surface area contributed by atoms with Crippen LogP contribution in [0.5, 0.6) is 46.0 Å². The molecule has 0 saturated heterocycles. The first-order valence-corrected chi connectivity index (χ1v) is 23.5. The smallest absolute Gasteiger partial charge is 0.164 e. The fraction of sp³-hybridized carbons (Fsp3) is 0.396. The number of fused-ring (bicyclic) bond motifs is 24. The van der Waals surface area contributed by atoms with Gasteiger partial charge in [0.1, 0.15) is 68.9 Å². The largest absolute Gasteiger partial charge is 0.483 e. The first-order chi connectivity index (χ1) is 32.5. The molecule has 13 rings (SSSR count). The molecule has 69 heavy (non-hydrogen) atoms. The number of aromatic amines is 2. The highest BCUT2D eigenvalue weighted by Crippen LogP contribution is 2.52. The summed E-state index contributed by atoms with van der Waals surface area (Å²) in [6, 6.07) is 15.5. The third-order valence-corrected chi connectivity index (χ3v) is 15.4. The van der Waals surface area contributed by atoms with Crippen molar-refractivity contribution in [3.63, 3.8) is 0 Å². The predicted molar refractivity (Wildman–Crippen MR) is 260 cm³/mol. The molecule has 16 heteroatoms. The number of aromatic nitrogens is 8. The van der Waals surface area contributed by atoms with Crippen LogP contribution in [0.3, 0.4) is 0 Å². The van der Waals surface area contributed by atoms with E-state index in [1.807, 2.05) is 139 Å². The number of nitrogens with zero attached hydrogens (tertiary/aromatic N) is 6. The molecule has 8 bridgehead atoms. The number of ether oxygens (including phenoxy) is 8. The zero-order chi connectivity index (χ0) is 48.1. The predicted octanol–water partition coefficient (Wildman–Crippen LogP) is 11.0. The Kier molecular flexibility index (Phi) is 8.02. The Hall–Kier alpha value is -7.36. The van der Waals surface area contributed by atoms with Crippen LogP contribution in [0.4, 0.5) is 0 Å². The molecule has 2 N–H and O–H groups in total. The lowest BCUT2D eigenvalue weighted by atomic mass is 9.87. The lowest BCUT2D eigenvalue weighted by molar-refractivity contribution is -0.0990. The number of hydrogen-bond acceptors (Lipinski definition) is 14. The van der Waals surface area contributed by atoms with Crippen molar-refractivity contribution >= 4 is 44.1 Å². The summed E-state index contributed by atoms with van der Waals surface area (Å²) in [7, 11) is 0. The molecule has 0 fully saturated rings. The third-order valence-electron chi connectivity index (χ3n) is 15.4. The summed E-state index contributed by atoms with van der Waals surface area (Å²) < 4.78 is 52.7. The quantitative estimate of drug-likeness (QED) is 0.146. The molecule has 0 aliphatic carbocycles. The van der Waals surface area contributed by atoms with E-state index in [-0.39, 0.29) is 18.3 Å². The second-order valence-electron chi connectivity index (χ2n) is 21.5. The van der Waals surface area contributed by atoms with Crippen LogP contribution >= 0.6 is 0 Å². The molecular weight excluding hydrogens is 877 g/mol. The van der Waals surface area contributed by atoms with Gasteiger partial charge in [-0.2, -0.15) is 0 Å². The minimum Gasteiger partial charge on any atom is -0.483 e. The van der Waals surface area contributed by atoms with Gasteiger partial charge in [-0.05, 0) is 139 Å². The summed E-state index contributed by atoms with van der Waals surface area (Å²) in [5.41, 5.74) is 1.54. The van der Waals surface area contributed by atoms with Gasteiger partial charge in [0.15, 0.2) is 69.3 Å². The van der Waals surface area contributed by atoms with Crippen LogP contribution in [0.15, 0.2) is 48.5 Å². The first kappa shape index (κ1) is 41.8. The summed E-state index contributed by atoms with van der Waals surface area (Å²) in [5, 5.41) is 2.94. The van der Waals surface area contributed by atoms with Crippen molar-refractivity contribution in [3.05, 3.63) is 48.5 Å². The standard InChI is InChI=1S/C53H52N8O8/c1-22-23(2)63-34-15-26-25(14-33(34)62-22)41-54-42(26)56-46-31-20-39-40(69-53(12,13)52(10,11)68-39)21-32(31)48(61-46)59-44-28-17-36-35(64-24(3)49(4,5)65-36)16-27(28)43(57-44)58-47-30-19-38-37(18-29(30)45(55-41)60-47)66-50(6,7)51(8,9)67-38/h14-24H,1-13H3,(H2,54,55,56,57,58,59,60,61). The molecule has 352 valence electrons. The number of benzene rings is 4. The maximum absolute atomic E-state index is 6.68. The summed E-state index contributed by atoms with van der Waals surface area (Å²) in [4.78, 5) is 38.8. The first-order valence-electron chi connectivity index (χ1n) is 23.5. The van der Waals surface area contributed by atoms with Crippen molar-refractivity contribution in [3.8, 4) is 91.5 Å². The van der Waals surface area contributed by atoms with Gasteiger partial charge in [0, 0.05) is 43.8 Å². The van der Waals surface area contributed by atoms with E-state index in [0.717, 1.165) is 21.5 Å². The zero-order valence-electron chi connectivity index (χ0n) is 40.8. The van der Waals surface area contributed by atoms with Crippen LogP contribution in [-0.4, -0.2) is 86.2 Å². The van der Waals surface area contributed by atoms with Crippen LogP contribution in [0.2, 0.25) is 0 Å². The molecule has 6 aliphatic rings. The van der Waals surface area contributed by atoms with E-state index in [4.69, 9.17) is 67.8 Å². The van der Waals surface area contributed by atoms with E-state index < -0.39 is 28.0 Å². The second-order valence-corrected chi connectivity index (χ2v) is 21.5. The van der Waals surface area contributed by atoms with Gasteiger partial charge in [-0.3, -0.25) is 0 Å². The van der Waals surface area contributed by atoms with Crippen LogP contribution in [0, 0.1) is 0 Å². The lowest BCUT2D eigenvalue weighted by Crippen LogP contribution is -2.56. The lowest BCUT2D eigenvalue weighted by Gasteiger charge is -2.45. The van der Waals surface area contributed by atoms with E-state index in [1.54, 1.807) is 0 Å². The van der Waals surface area contributed by atoms with Crippen LogP contribution < -0.4 is 37.9 Å². The maximum Gasteiger partial charge on any atom is 0.164 e. The number of hydrogen-bond donors (Lipinski definition) is 2. The normalized spacial score (nSPS) is 22.2. The summed E-state index contributed by atoms with van der Waals surface area (Å²) in [6.07, 6.45) is -0.595. The van der Waals surface area contributed by atoms with Gasteiger partial charge < -0.3 is 47.9 Å². The molecule has 3 aromatic heterocycles.